The van der Waals surface area contributed by atoms with Crippen molar-refractivity contribution in [2.45, 2.75) is 47.1 Å². The first-order chi connectivity index (χ1) is 12.0. The summed E-state index contributed by atoms with van der Waals surface area (Å²) in [7, 11) is 1.76. The normalized spacial score (nSPS) is 11.8. The topological polar surface area (TPSA) is 80.4 Å². The summed E-state index contributed by atoms with van der Waals surface area (Å²) in [6.07, 6.45) is 0. The van der Waals surface area contributed by atoms with E-state index in [4.69, 9.17) is 4.52 Å². The average Bonchev–Trinajstić information content (AvgIpc) is 2.99. The monoisotopic (exact) mass is 360 g/mol. The van der Waals surface area contributed by atoms with Gasteiger partial charge in [0.05, 0.1) is 13.1 Å². The molecule has 0 saturated carbocycles. The zero-order valence-corrected chi connectivity index (χ0v) is 16.6. The van der Waals surface area contributed by atoms with Crippen LogP contribution in [0.25, 0.3) is 5.82 Å². The zero-order valence-electron chi connectivity index (χ0n) is 16.6. The molecule has 2 rings (SSSR count). The van der Waals surface area contributed by atoms with Gasteiger partial charge in [-0.05, 0) is 54.7 Å². The van der Waals surface area contributed by atoms with E-state index < -0.39 is 0 Å². The minimum absolute atomic E-state index is 0.0318. The van der Waals surface area contributed by atoms with Crippen molar-refractivity contribution in [1.29, 1.82) is 0 Å². The molecule has 2 heterocycles. The first-order valence-electron chi connectivity index (χ1n) is 8.63. The maximum atomic E-state index is 12.7. The molecule has 0 saturated heterocycles. The van der Waals surface area contributed by atoms with Gasteiger partial charge in [0.15, 0.2) is 11.6 Å². The second kappa shape index (κ2) is 7.45. The highest BCUT2D eigenvalue weighted by Gasteiger charge is 2.21. The average molecular weight is 360 g/mol. The van der Waals surface area contributed by atoms with Crippen LogP contribution in [0.5, 0.6) is 0 Å². The number of aryl methyl sites for hydroxylation is 2. The molecule has 0 aromatic carbocycles. The van der Waals surface area contributed by atoms with Crippen molar-refractivity contribution in [1.82, 2.24) is 19.9 Å². The van der Waals surface area contributed by atoms with Crippen molar-refractivity contribution in [3.63, 3.8) is 0 Å². The van der Waals surface area contributed by atoms with Gasteiger partial charge in [0.1, 0.15) is 5.76 Å². The molecule has 0 fully saturated rings. The van der Waals surface area contributed by atoms with Crippen molar-refractivity contribution in [3.05, 3.63) is 34.8 Å². The Labute approximate surface area is 154 Å². The Hall–Kier alpha value is -2.41. The van der Waals surface area contributed by atoms with E-state index in [-0.39, 0.29) is 30.3 Å². The van der Waals surface area contributed by atoms with Gasteiger partial charge in [0.25, 0.3) is 0 Å². The second-order valence-corrected chi connectivity index (χ2v) is 7.81. The number of likely N-dealkylation sites (N-methyl/N-ethyl adjacent to an activating group) is 1. The zero-order chi connectivity index (χ0) is 19.6. The highest BCUT2D eigenvalue weighted by molar-refractivity contribution is 5.99. The van der Waals surface area contributed by atoms with Crippen LogP contribution in [0.15, 0.2) is 16.7 Å². The number of hydrogen-bond donors (Lipinski definition) is 1. The van der Waals surface area contributed by atoms with Crippen LogP contribution in [-0.2, 0) is 4.79 Å². The van der Waals surface area contributed by atoms with Gasteiger partial charge >= 0.3 is 0 Å². The Morgan fingerprint density at radius 1 is 1.19 bits per heavy atom. The summed E-state index contributed by atoms with van der Waals surface area (Å²) in [5.41, 5.74) is 2.06. The number of Topliss-reactive ketones (excluding diaryl/α,β-unsaturated/α-hetero) is 1. The molecule has 2 aromatic heterocycles. The fourth-order valence-corrected chi connectivity index (χ4v) is 2.95. The summed E-state index contributed by atoms with van der Waals surface area (Å²) in [5.74, 6) is 1.24. The first kappa shape index (κ1) is 19.9. The SMILES string of the molecule is Cc1cc(-n2c(C)cc(C(=O)CN(C)CC(=O)NC(C)(C)C)c2C)no1. The van der Waals surface area contributed by atoms with Crippen LogP contribution < -0.4 is 5.32 Å². The number of nitrogens with zero attached hydrogens (tertiary/aromatic N) is 3. The van der Waals surface area contributed by atoms with Crippen molar-refractivity contribution in [2.24, 2.45) is 0 Å². The van der Waals surface area contributed by atoms with Gasteiger partial charge in [-0.25, -0.2) is 0 Å². The van der Waals surface area contributed by atoms with Crippen LogP contribution in [-0.4, -0.2) is 52.0 Å². The van der Waals surface area contributed by atoms with Gasteiger partial charge in [-0.15, -0.1) is 0 Å². The maximum Gasteiger partial charge on any atom is 0.234 e. The van der Waals surface area contributed by atoms with Crippen molar-refractivity contribution in [2.75, 3.05) is 20.1 Å². The molecule has 0 unspecified atom stereocenters. The van der Waals surface area contributed by atoms with Gasteiger partial charge in [0, 0.05) is 28.6 Å². The lowest BCUT2D eigenvalue weighted by Gasteiger charge is -2.23. The van der Waals surface area contributed by atoms with E-state index in [1.54, 1.807) is 11.9 Å². The molecule has 0 radical (unpaired) electrons. The standard InChI is InChI=1S/C19H28N4O3/c1-12-8-15(14(3)23(12)17-9-13(2)26-21-17)16(24)10-22(7)11-18(25)20-19(4,5)6/h8-9H,10-11H2,1-7H3,(H,20,25). The van der Waals surface area contributed by atoms with E-state index >= 15 is 0 Å². The van der Waals surface area contributed by atoms with Crippen molar-refractivity contribution >= 4 is 11.7 Å². The van der Waals surface area contributed by atoms with Crippen LogP contribution in [0.3, 0.4) is 0 Å². The van der Waals surface area contributed by atoms with Crippen LogP contribution in [0.1, 0.15) is 48.3 Å². The number of carbonyl (C=O) groups is 2. The van der Waals surface area contributed by atoms with E-state index in [0.717, 1.165) is 11.4 Å². The molecular formula is C19H28N4O3. The molecule has 1 N–H and O–H groups in total. The van der Waals surface area contributed by atoms with Crippen molar-refractivity contribution < 1.29 is 14.1 Å². The molecular weight excluding hydrogens is 332 g/mol. The molecule has 0 bridgehead atoms. The largest absolute Gasteiger partial charge is 0.360 e. The van der Waals surface area contributed by atoms with Crippen LogP contribution in [0, 0.1) is 20.8 Å². The number of hydrogen-bond acceptors (Lipinski definition) is 5. The van der Waals surface area contributed by atoms with Crippen LogP contribution in [0.4, 0.5) is 0 Å². The highest BCUT2D eigenvalue weighted by Crippen LogP contribution is 2.21. The van der Waals surface area contributed by atoms with E-state index in [1.165, 1.54) is 0 Å². The van der Waals surface area contributed by atoms with E-state index in [9.17, 15) is 9.59 Å². The summed E-state index contributed by atoms with van der Waals surface area (Å²) in [5, 5.41) is 6.92. The molecule has 7 nitrogen and oxygen atoms in total. The van der Waals surface area contributed by atoms with Crippen molar-refractivity contribution in [3.8, 4) is 5.82 Å². The maximum absolute atomic E-state index is 12.7. The van der Waals surface area contributed by atoms with E-state index in [2.05, 4.69) is 10.5 Å². The molecule has 0 spiro atoms. The van der Waals surface area contributed by atoms with Crippen LogP contribution in [0.2, 0.25) is 0 Å². The van der Waals surface area contributed by atoms with Crippen LogP contribution >= 0.6 is 0 Å². The highest BCUT2D eigenvalue weighted by atomic mass is 16.5. The number of amides is 1. The molecule has 26 heavy (non-hydrogen) atoms. The third-order valence-electron chi connectivity index (χ3n) is 3.92. The molecule has 0 aliphatic carbocycles. The second-order valence-electron chi connectivity index (χ2n) is 7.81. The molecule has 142 valence electrons. The minimum atomic E-state index is -0.289. The molecule has 0 aliphatic heterocycles. The number of carbonyl (C=O) groups excluding carboxylic acids is 2. The lowest BCUT2D eigenvalue weighted by molar-refractivity contribution is -0.123. The van der Waals surface area contributed by atoms with E-state index in [1.807, 2.05) is 58.2 Å². The Balaban J connectivity index is 2.09. The van der Waals surface area contributed by atoms with Gasteiger partial charge < -0.3 is 9.84 Å². The Bertz CT molecular complexity index is 811. The number of aromatic nitrogens is 2. The fourth-order valence-electron chi connectivity index (χ4n) is 2.95. The summed E-state index contributed by atoms with van der Waals surface area (Å²) < 4.78 is 7.04. The first-order valence-corrected chi connectivity index (χ1v) is 8.63. The Morgan fingerprint density at radius 3 is 2.38 bits per heavy atom. The number of nitrogens with one attached hydrogen (secondary N) is 1. The molecule has 0 atom stereocenters. The van der Waals surface area contributed by atoms with Gasteiger partial charge in [0.2, 0.25) is 5.91 Å². The predicted molar refractivity (Wildman–Crippen MR) is 99.8 cm³/mol. The third-order valence-corrected chi connectivity index (χ3v) is 3.92. The number of rotatable bonds is 6. The van der Waals surface area contributed by atoms with Gasteiger partial charge in [-0.1, -0.05) is 5.16 Å². The predicted octanol–water partition coefficient (Wildman–Crippen LogP) is 2.42. The summed E-state index contributed by atoms with van der Waals surface area (Å²) >= 11 is 0. The molecule has 0 aliphatic rings. The summed E-state index contributed by atoms with van der Waals surface area (Å²) in [6.45, 7) is 11.8. The lowest BCUT2D eigenvalue weighted by atomic mass is 10.1. The van der Waals surface area contributed by atoms with E-state index in [0.29, 0.717) is 17.1 Å². The van der Waals surface area contributed by atoms with Gasteiger partial charge in [-0.2, -0.15) is 0 Å². The molecule has 1 amide bonds. The summed E-state index contributed by atoms with van der Waals surface area (Å²) in [4.78, 5) is 26.4. The molecule has 7 heteroatoms. The minimum Gasteiger partial charge on any atom is -0.360 e. The summed E-state index contributed by atoms with van der Waals surface area (Å²) in [6, 6.07) is 3.68. The fraction of sp³-hybridized carbons (Fsp3) is 0.526. The Morgan fingerprint density at radius 2 is 1.85 bits per heavy atom. The quantitative estimate of drug-likeness (QED) is 0.800. The Kier molecular flexibility index (Phi) is 5.71. The number of ketones is 1. The lowest BCUT2D eigenvalue weighted by Crippen LogP contribution is -2.45. The van der Waals surface area contributed by atoms with Gasteiger partial charge in [-0.3, -0.25) is 19.1 Å². The smallest absolute Gasteiger partial charge is 0.234 e. The third kappa shape index (κ3) is 4.82. The molecule has 2 aromatic rings.